The fourth-order valence-corrected chi connectivity index (χ4v) is 1.54. The van der Waals surface area contributed by atoms with Gasteiger partial charge in [-0.3, -0.25) is 0 Å². The van der Waals surface area contributed by atoms with Gasteiger partial charge < -0.3 is 0 Å². The van der Waals surface area contributed by atoms with Crippen LogP contribution in [0.3, 0.4) is 0 Å². The first-order valence-corrected chi connectivity index (χ1v) is 4.26. The SMILES string of the molecule is Cl[CH]c1cccc2ccccc12. The van der Waals surface area contributed by atoms with Crippen molar-refractivity contribution in [1.29, 1.82) is 0 Å². The second kappa shape index (κ2) is 3.16. The normalized spacial score (nSPS) is 10.4. The van der Waals surface area contributed by atoms with Gasteiger partial charge in [0.15, 0.2) is 0 Å². The molecule has 0 bridgehead atoms. The largest absolute Gasteiger partial charge is 0.116 e. The van der Waals surface area contributed by atoms with Crippen LogP contribution in [0.25, 0.3) is 10.8 Å². The molecule has 1 heteroatoms. The van der Waals surface area contributed by atoms with Crippen LogP contribution in [0.1, 0.15) is 5.56 Å². The first-order valence-electron chi connectivity index (χ1n) is 3.83. The van der Waals surface area contributed by atoms with Gasteiger partial charge in [0.2, 0.25) is 0 Å². The maximum Gasteiger partial charge on any atom is 0.0796 e. The van der Waals surface area contributed by atoms with Crippen LogP contribution in [-0.2, 0) is 0 Å². The Balaban J connectivity index is 2.79. The maximum absolute atomic E-state index is 5.68. The van der Waals surface area contributed by atoms with Gasteiger partial charge in [0.1, 0.15) is 0 Å². The molecule has 0 aliphatic heterocycles. The van der Waals surface area contributed by atoms with Crippen LogP contribution in [0.5, 0.6) is 0 Å². The number of rotatable bonds is 1. The van der Waals surface area contributed by atoms with E-state index in [1.807, 2.05) is 24.3 Å². The third kappa shape index (κ3) is 1.19. The molecule has 0 spiro atoms. The van der Waals surface area contributed by atoms with Gasteiger partial charge in [-0.1, -0.05) is 42.5 Å². The van der Waals surface area contributed by atoms with Crippen molar-refractivity contribution in [2.75, 3.05) is 0 Å². The fourth-order valence-electron chi connectivity index (χ4n) is 1.35. The highest BCUT2D eigenvalue weighted by Crippen LogP contribution is 2.20. The molecule has 0 amide bonds. The molecule has 2 aromatic rings. The molecule has 0 aromatic heterocycles. The van der Waals surface area contributed by atoms with Crippen LogP contribution >= 0.6 is 11.6 Å². The highest BCUT2D eigenvalue weighted by Gasteiger charge is 1.96. The van der Waals surface area contributed by atoms with E-state index in [0.717, 1.165) is 5.56 Å². The standard InChI is InChI=1S/C11H8Cl/c12-8-10-6-3-5-9-4-1-2-7-11(9)10/h1-8H. The van der Waals surface area contributed by atoms with Crippen LogP contribution in [-0.4, -0.2) is 0 Å². The van der Waals surface area contributed by atoms with Gasteiger partial charge in [-0.25, -0.2) is 0 Å². The van der Waals surface area contributed by atoms with Crippen LogP contribution in [0.2, 0.25) is 0 Å². The fraction of sp³-hybridized carbons (Fsp3) is 0. The zero-order valence-corrected chi connectivity index (χ0v) is 7.25. The van der Waals surface area contributed by atoms with Crippen molar-refractivity contribution in [3.8, 4) is 0 Å². The number of hydrogen-bond donors (Lipinski definition) is 0. The van der Waals surface area contributed by atoms with E-state index in [-0.39, 0.29) is 0 Å². The van der Waals surface area contributed by atoms with Gasteiger partial charge >= 0.3 is 0 Å². The summed E-state index contributed by atoms with van der Waals surface area (Å²) in [6, 6.07) is 14.3. The van der Waals surface area contributed by atoms with E-state index in [1.54, 1.807) is 5.88 Å². The molecular weight excluding hydrogens is 168 g/mol. The molecule has 0 saturated carbocycles. The first-order chi connectivity index (χ1) is 5.92. The minimum absolute atomic E-state index is 1.08. The van der Waals surface area contributed by atoms with E-state index in [0.29, 0.717) is 0 Å². The molecule has 0 fully saturated rings. The predicted octanol–water partition coefficient (Wildman–Crippen LogP) is 3.59. The van der Waals surface area contributed by atoms with Crippen molar-refractivity contribution < 1.29 is 0 Å². The molecule has 0 heterocycles. The average molecular weight is 176 g/mol. The van der Waals surface area contributed by atoms with Gasteiger partial charge in [-0.2, -0.15) is 0 Å². The monoisotopic (exact) mass is 175 g/mol. The van der Waals surface area contributed by atoms with Crippen molar-refractivity contribution in [1.82, 2.24) is 0 Å². The van der Waals surface area contributed by atoms with E-state index >= 15 is 0 Å². The Kier molecular flexibility index (Phi) is 2.01. The molecule has 0 unspecified atom stereocenters. The second-order valence-corrected chi connectivity index (χ2v) is 2.90. The van der Waals surface area contributed by atoms with Crippen LogP contribution in [0, 0.1) is 5.88 Å². The van der Waals surface area contributed by atoms with E-state index in [9.17, 15) is 0 Å². The van der Waals surface area contributed by atoms with Gasteiger partial charge in [0.05, 0.1) is 5.88 Å². The number of hydrogen-bond acceptors (Lipinski definition) is 0. The lowest BCUT2D eigenvalue weighted by Crippen LogP contribution is -1.78. The summed E-state index contributed by atoms with van der Waals surface area (Å²) < 4.78 is 0. The first kappa shape index (κ1) is 7.63. The van der Waals surface area contributed by atoms with E-state index in [2.05, 4.69) is 18.2 Å². The topological polar surface area (TPSA) is 0 Å². The average Bonchev–Trinajstić information content (AvgIpc) is 2.17. The van der Waals surface area contributed by atoms with E-state index < -0.39 is 0 Å². The van der Waals surface area contributed by atoms with E-state index in [4.69, 9.17) is 11.6 Å². The van der Waals surface area contributed by atoms with Gasteiger partial charge in [0, 0.05) is 0 Å². The lowest BCUT2D eigenvalue weighted by molar-refractivity contribution is 1.65. The summed E-state index contributed by atoms with van der Waals surface area (Å²) in [7, 11) is 0. The van der Waals surface area contributed by atoms with Crippen molar-refractivity contribution in [3.05, 3.63) is 53.9 Å². The Morgan fingerprint density at radius 1 is 0.917 bits per heavy atom. The third-order valence-electron chi connectivity index (χ3n) is 1.94. The lowest BCUT2D eigenvalue weighted by atomic mass is 10.1. The van der Waals surface area contributed by atoms with Crippen LogP contribution in [0.15, 0.2) is 42.5 Å². The van der Waals surface area contributed by atoms with Crippen molar-refractivity contribution in [2.45, 2.75) is 0 Å². The number of benzene rings is 2. The zero-order chi connectivity index (χ0) is 8.39. The molecule has 1 radical (unpaired) electrons. The smallest absolute Gasteiger partial charge is 0.0796 e. The summed E-state index contributed by atoms with van der Waals surface area (Å²) in [5, 5.41) is 2.43. The van der Waals surface area contributed by atoms with Crippen molar-refractivity contribution in [3.63, 3.8) is 0 Å². The number of halogens is 1. The minimum Gasteiger partial charge on any atom is -0.116 e. The Labute approximate surface area is 76.8 Å². The molecule has 0 N–H and O–H groups in total. The molecule has 0 atom stereocenters. The highest BCUT2D eigenvalue weighted by molar-refractivity contribution is 6.26. The van der Waals surface area contributed by atoms with E-state index in [1.165, 1.54) is 10.8 Å². The molecule has 59 valence electrons. The molecule has 0 saturated heterocycles. The van der Waals surface area contributed by atoms with Crippen molar-refractivity contribution >= 4 is 22.4 Å². The van der Waals surface area contributed by atoms with Gasteiger partial charge in [0.25, 0.3) is 0 Å². The molecule has 2 aromatic carbocycles. The maximum atomic E-state index is 5.68. The highest BCUT2D eigenvalue weighted by atomic mass is 35.5. The van der Waals surface area contributed by atoms with Crippen molar-refractivity contribution in [2.24, 2.45) is 0 Å². The summed E-state index contributed by atoms with van der Waals surface area (Å²) in [5.41, 5.74) is 1.08. The summed E-state index contributed by atoms with van der Waals surface area (Å²) in [5.74, 6) is 1.61. The molecule has 0 aliphatic carbocycles. The lowest BCUT2D eigenvalue weighted by Gasteiger charge is -2.00. The minimum atomic E-state index is 1.08. The Hall–Kier alpha value is -1.01. The predicted molar refractivity (Wildman–Crippen MR) is 53.2 cm³/mol. The van der Waals surface area contributed by atoms with Crippen LogP contribution < -0.4 is 0 Å². The molecular formula is C11H8Cl. The number of fused-ring (bicyclic) bond motifs is 1. The molecule has 0 nitrogen and oxygen atoms in total. The molecule has 2 rings (SSSR count). The van der Waals surface area contributed by atoms with Gasteiger partial charge in [-0.05, 0) is 16.3 Å². The third-order valence-corrected chi connectivity index (χ3v) is 2.18. The zero-order valence-electron chi connectivity index (χ0n) is 6.50. The quantitative estimate of drug-likeness (QED) is 0.622. The Morgan fingerprint density at radius 3 is 2.50 bits per heavy atom. The van der Waals surface area contributed by atoms with Gasteiger partial charge in [-0.15, -0.1) is 11.6 Å². The van der Waals surface area contributed by atoms with Crippen LogP contribution in [0.4, 0.5) is 0 Å². The molecule has 12 heavy (non-hydrogen) atoms. The Morgan fingerprint density at radius 2 is 1.67 bits per heavy atom. The second-order valence-electron chi connectivity index (χ2n) is 2.68. The Bertz CT molecular complexity index is 388. The summed E-state index contributed by atoms with van der Waals surface area (Å²) in [6.45, 7) is 0. The summed E-state index contributed by atoms with van der Waals surface area (Å²) in [6.07, 6.45) is 0. The molecule has 0 aliphatic rings. The summed E-state index contributed by atoms with van der Waals surface area (Å²) >= 11 is 5.68. The summed E-state index contributed by atoms with van der Waals surface area (Å²) in [4.78, 5) is 0.